The van der Waals surface area contributed by atoms with Gasteiger partial charge in [-0.3, -0.25) is 4.79 Å². The average Bonchev–Trinajstić information content (AvgIpc) is 2.91. The third-order valence-electron chi connectivity index (χ3n) is 3.40. The van der Waals surface area contributed by atoms with Gasteiger partial charge in [-0.05, 0) is 38.1 Å². The van der Waals surface area contributed by atoms with Gasteiger partial charge in [0.05, 0.1) is 0 Å². The number of carbonyl (C=O) groups excluding carboxylic acids is 1. The lowest BCUT2D eigenvalue weighted by Crippen LogP contribution is -2.20. The summed E-state index contributed by atoms with van der Waals surface area (Å²) in [6, 6.07) is 12.5. The number of hydrogen-bond donors (Lipinski definition) is 1. The van der Waals surface area contributed by atoms with Crippen LogP contribution in [-0.2, 0) is 4.74 Å². The Morgan fingerprint density at radius 1 is 1.23 bits per heavy atom. The van der Waals surface area contributed by atoms with Crippen molar-refractivity contribution < 1.29 is 13.9 Å². The van der Waals surface area contributed by atoms with Gasteiger partial charge in [-0.15, -0.1) is 0 Å². The van der Waals surface area contributed by atoms with Gasteiger partial charge < -0.3 is 14.1 Å². The highest BCUT2D eigenvalue weighted by molar-refractivity contribution is 5.89. The maximum Gasteiger partial charge on any atom is 0.344 e. The molecule has 1 aromatic carbocycles. The zero-order valence-electron chi connectivity index (χ0n) is 12.3. The van der Waals surface area contributed by atoms with E-state index in [2.05, 4.69) is 4.98 Å². The molecule has 0 unspecified atom stereocenters. The first-order valence-electron chi connectivity index (χ1n) is 6.94. The Kier molecular flexibility index (Phi) is 3.55. The fourth-order valence-corrected chi connectivity index (χ4v) is 2.22. The highest BCUT2D eigenvalue weighted by Gasteiger charge is 2.19. The summed E-state index contributed by atoms with van der Waals surface area (Å²) in [5, 5.41) is 0.939. The van der Waals surface area contributed by atoms with Crippen LogP contribution < -0.4 is 5.56 Å². The van der Waals surface area contributed by atoms with E-state index in [4.69, 9.17) is 9.15 Å². The van der Waals surface area contributed by atoms with Crippen molar-refractivity contribution in [3.63, 3.8) is 0 Å². The number of esters is 1. The Hall–Kier alpha value is -2.82. The number of aromatic nitrogens is 1. The molecule has 22 heavy (non-hydrogen) atoms. The average molecular weight is 297 g/mol. The molecule has 0 fully saturated rings. The minimum atomic E-state index is -0.672. The number of aryl methyl sites for hydroxylation is 1. The number of furan rings is 1. The van der Waals surface area contributed by atoms with Gasteiger partial charge >= 0.3 is 5.97 Å². The molecule has 0 aliphatic heterocycles. The van der Waals surface area contributed by atoms with Crippen LogP contribution in [0.15, 0.2) is 51.7 Å². The fourth-order valence-electron chi connectivity index (χ4n) is 2.22. The number of para-hydroxylation sites is 1. The number of pyridine rings is 1. The van der Waals surface area contributed by atoms with Crippen LogP contribution in [0, 0.1) is 6.92 Å². The summed E-state index contributed by atoms with van der Waals surface area (Å²) in [5.74, 6) is -0.132. The molecule has 0 aliphatic carbocycles. The van der Waals surface area contributed by atoms with E-state index in [0.29, 0.717) is 11.5 Å². The molecule has 0 amide bonds. The molecular weight excluding hydrogens is 282 g/mol. The normalized spacial score (nSPS) is 12.3. The number of fused-ring (bicyclic) bond motifs is 1. The van der Waals surface area contributed by atoms with E-state index in [1.165, 1.54) is 6.07 Å². The van der Waals surface area contributed by atoms with E-state index in [-0.39, 0.29) is 5.56 Å². The Balaban J connectivity index is 1.82. The summed E-state index contributed by atoms with van der Waals surface area (Å²) in [6.45, 7) is 3.45. The number of aromatic amines is 1. The number of rotatable bonds is 3. The van der Waals surface area contributed by atoms with Gasteiger partial charge in [-0.1, -0.05) is 18.2 Å². The van der Waals surface area contributed by atoms with E-state index in [1.54, 1.807) is 19.9 Å². The maximum absolute atomic E-state index is 12.1. The van der Waals surface area contributed by atoms with Crippen molar-refractivity contribution in [1.82, 2.24) is 4.98 Å². The maximum atomic E-state index is 12.1. The molecule has 0 aliphatic rings. The summed E-state index contributed by atoms with van der Waals surface area (Å²) in [5.41, 5.74) is 0.941. The number of carbonyl (C=O) groups is 1. The topological polar surface area (TPSA) is 72.3 Å². The van der Waals surface area contributed by atoms with Crippen LogP contribution in [0.4, 0.5) is 0 Å². The van der Waals surface area contributed by atoms with Crippen LogP contribution in [0.25, 0.3) is 11.0 Å². The van der Waals surface area contributed by atoms with Crippen molar-refractivity contribution in [2.75, 3.05) is 0 Å². The molecule has 0 saturated carbocycles. The third-order valence-corrected chi connectivity index (χ3v) is 3.40. The molecule has 0 spiro atoms. The predicted octanol–water partition coefficient (Wildman–Crippen LogP) is 3.35. The molecule has 0 bridgehead atoms. The van der Waals surface area contributed by atoms with Crippen molar-refractivity contribution in [3.8, 4) is 0 Å². The number of benzene rings is 1. The lowest BCUT2D eigenvalue weighted by molar-refractivity contribution is 0.0293. The molecular formula is C17H15NO4. The molecule has 2 heterocycles. The lowest BCUT2D eigenvalue weighted by atomic mass is 10.2. The van der Waals surface area contributed by atoms with Gasteiger partial charge in [0, 0.05) is 11.1 Å². The molecule has 0 radical (unpaired) electrons. The molecule has 3 rings (SSSR count). The molecule has 5 nitrogen and oxygen atoms in total. The Morgan fingerprint density at radius 3 is 2.73 bits per heavy atom. The highest BCUT2D eigenvalue weighted by atomic mass is 16.6. The molecule has 0 saturated heterocycles. The SMILES string of the molecule is Cc1ccc(C(=O)O[C@@H](C)c2cc3ccccc3o2)c(=O)[nH]1. The van der Waals surface area contributed by atoms with Gasteiger partial charge in [-0.25, -0.2) is 4.79 Å². The van der Waals surface area contributed by atoms with Gasteiger partial charge in [0.25, 0.3) is 5.56 Å². The molecule has 1 N–H and O–H groups in total. The van der Waals surface area contributed by atoms with Crippen molar-refractivity contribution in [1.29, 1.82) is 0 Å². The van der Waals surface area contributed by atoms with E-state index in [0.717, 1.165) is 11.0 Å². The minimum Gasteiger partial charge on any atom is -0.457 e. The second kappa shape index (κ2) is 5.52. The smallest absolute Gasteiger partial charge is 0.344 e. The van der Waals surface area contributed by atoms with Crippen LogP contribution in [0.5, 0.6) is 0 Å². The van der Waals surface area contributed by atoms with Crippen LogP contribution >= 0.6 is 0 Å². The van der Waals surface area contributed by atoms with Crippen molar-refractivity contribution >= 4 is 16.9 Å². The van der Waals surface area contributed by atoms with Crippen LogP contribution in [0.1, 0.15) is 34.8 Å². The molecule has 5 heteroatoms. The lowest BCUT2D eigenvalue weighted by Gasteiger charge is -2.10. The molecule has 3 aromatic rings. The summed E-state index contributed by atoms with van der Waals surface area (Å²) in [7, 11) is 0. The van der Waals surface area contributed by atoms with E-state index >= 15 is 0 Å². The van der Waals surface area contributed by atoms with Crippen molar-refractivity contribution in [3.05, 3.63) is 69.8 Å². The zero-order chi connectivity index (χ0) is 15.7. The standard InChI is InChI=1S/C17H15NO4/c1-10-7-8-13(16(19)18-10)17(20)21-11(2)15-9-12-5-3-4-6-14(12)22-15/h3-9,11H,1-2H3,(H,18,19)/t11-/m0/s1. The Bertz CT molecular complexity index is 858. The number of hydrogen-bond acceptors (Lipinski definition) is 4. The van der Waals surface area contributed by atoms with E-state index < -0.39 is 17.6 Å². The molecule has 112 valence electrons. The van der Waals surface area contributed by atoms with Gasteiger partial charge in [0.1, 0.15) is 16.9 Å². The second-order valence-electron chi connectivity index (χ2n) is 5.12. The minimum absolute atomic E-state index is 0.0199. The van der Waals surface area contributed by atoms with E-state index in [9.17, 15) is 9.59 Å². The summed E-state index contributed by atoms with van der Waals surface area (Å²) >= 11 is 0. The zero-order valence-corrected chi connectivity index (χ0v) is 12.3. The second-order valence-corrected chi connectivity index (χ2v) is 5.12. The van der Waals surface area contributed by atoms with Gasteiger partial charge in [0.15, 0.2) is 6.10 Å². The first-order chi connectivity index (χ1) is 10.5. The highest BCUT2D eigenvalue weighted by Crippen LogP contribution is 2.26. The number of nitrogens with one attached hydrogen (secondary N) is 1. The van der Waals surface area contributed by atoms with Crippen LogP contribution in [0.3, 0.4) is 0 Å². The number of ether oxygens (including phenoxy) is 1. The largest absolute Gasteiger partial charge is 0.457 e. The van der Waals surface area contributed by atoms with Crippen LogP contribution in [0.2, 0.25) is 0 Å². The van der Waals surface area contributed by atoms with Gasteiger partial charge in [-0.2, -0.15) is 0 Å². The molecule has 2 aromatic heterocycles. The summed E-state index contributed by atoms with van der Waals surface area (Å²) < 4.78 is 11.0. The first kappa shape index (κ1) is 14.1. The molecule has 1 atom stereocenters. The van der Waals surface area contributed by atoms with Gasteiger partial charge in [0.2, 0.25) is 0 Å². The first-order valence-corrected chi connectivity index (χ1v) is 6.94. The van der Waals surface area contributed by atoms with Crippen molar-refractivity contribution in [2.45, 2.75) is 20.0 Å². The quantitative estimate of drug-likeness (QED) is 0.752. The summed E-state index contributed by atoms with van der Waals surface area (Å²) in [4.78, 5) is 26.4. The third kappa shape index (κ3) is 2.65. The Labute approximate surface area is 126 Å². The van der Waals surface area contributed by atoms with E-state index in [1.807, 2.05) is 30.3 Å². The number of H-pyrrole nitrogens is 1. The summed E-state index contributed by atoms with van der Waals surface area (Å²) in [6.07, 6.45) is -0.583. The monoisotopic (exact) mass is 297 g/mol. The Morgan fingerprint density at radius 2 is 2.00 bits per heavy atom. The predicted molar refractivity (Wildman–Crippen MR) is 81.8 cm³/mol. The van der Waals surface area contributed by atoms with Crippen LogP contribution in [-0.4, -0.2) is 11.0 Å². The van der Waals surface area contributed by atoms with Crippen molar-refractivity contribution in [2.24, 2.45) is 0 Å². The fraction of sp³-hybridized carbons (Fsp3) is 0.176.